The average Bonchev–Trinajstić information content (AvgIpc) is 2.73. The van der Waals surface area contributed by atoms with Gasteiger partial charge in [-0.3, -0.25) is 14.4 Å². The zero-order valence-electron chi connectivity index (χ0n) is 17.2. The lowest BCUT2D eigenvalue weighted by molar-refractivity contribution is -0.153. The molecule has 7 nitrogen and oxygen atoms in total. The van der Waals surface area contributed by atoms with Crippen molar-refractivity contribution < 1.29 is 23.9 Å². The maximum absolute atomic E-state index is 12.1. The summed E-state index contributed by atoms with van der Waals surface area (Å²) in [6, 6.07) is 6.60. The van der Waals surface area contributed by atoms with Crippen LogP contribution in [-0.2, 0) is 14.3 Å². The minimum atomic E-state index is -0.912. The molecule has 1 atom stereocenters. The number of benzene rings is 1. The number of ether oxygens (including phenoxy) is 2. The highest BCUT2D eigenvalue weighted by Gasteiger charge is 2.18. The summed E-state index contributed by atoms with van der Waals surface area (Å²) in [5, 5.41) is 5.27. The maximum Gasteiger partial charge on any atom is 0.326 e. The van der Waals surface area contributed by atoms with E-state index in [0.717, 1.165) is 19.3 Å². The van der Waals surface area contributed by atoms with Gasteiger partial charge in [0.2, 0.25) is 0 Å². The fourth-order valence-electron chi connectivity index (χ4n) is 3.04. The molecule has 7 heteroatoms. The second-order valence-corrected chi connectivity index (χ2v) is 6.92. The van der Waals surface area contributed by atoms with Gasteiger partial charge in [-0.15, -0.1) is 0 Å². The Kier molecular flexibility index (Phi) is 9.21. The molecular formula is C22H30N2O5. The summed E-state index contributed by atoms with van der Waals surface area (Å²) in [6.45, 7) is 4.15. The van der Waals surface area contributed by atoms with Gasteiger partial charge in [0.15, 0.2) is 6.10 Å². The van der Waals surface area contributed by atoms with E-state index in [0.29, 0.717) is 24.5 Å². The van der Waals surface area contributed by atoms with Gasteiger partial charge in [-0.2, -0.15) is 0 Å². The summed E-state index contributed by atoms with van der Waals surface area (Å²) < 4.78 is 10.4. The van der Waals surface area contributed by atoms with Gasteiger partial charge in [0.25, 0.3) is 11.8 Å². The molecule has 2 rings (SSSR count). The van der Waals surface area contributed by atoms with Gasteiger partial charge < -0.3 is 20.1 Å². The van der Waals surface area contributed by atoms with Crippen molar-refractivity contribution in [2.75, 3.05) is 19.7 Å². The number of hydrogen-bond donors (Lipinski definition) is 2. The van der Waals surface area contributed by atoms with Crippen LogP contribution in [0.25, 0.3) is 0 Å². The lowest BCUT2D eigenvalue weighted by atomic mass is 9.97. The van der Waals surface area contributed by atoms with E-state index in [1.54, 1.807) is 24.3 Å². The third-order valence-electron chi connectivity index (χ3n) is 4.63. The van der Waals surface area contributed by atoms with E-state index in [9.17, 15) is 14.4 Å². The smallest absolute Gasteiger partial charge is 0.326 e. The molecule has 0 radical (unpaired) electrons. The Morgan fingerprint density at radius 3 is 2.52 bits per heavy atom. The minimum Gasteiger partial charge on any atom is -0.494 e. The van der Waals surface area contributed by atoms with Crippen LogP contribution in [0, 0.1) is 0 Å². The van der Waals surface area contributed by atoms with Crippen molar-refractivity contribution in [3.8, 4) is 5.75 Å². The molecule has 2 amide bonds. The fourth-order valence-corrected chi connectivity index (χ4v) is 3.04. The van der Waals surface area contributed by atoms with Gasteiger partial charge in [-0.1, -0.05) is 11.6 Å². The third-order valence-corrected chi connectivity index (χ3v) is 4.63. The van der Waals surface area contributed by atoms with Gasteiger partial charge in [0.05, 0.1) is 6.61 Å². The number of nitrogens with one attached hydrogen (secondary N) is 2. The van der Waals surface area contributed by atoms with E-state index in [4.69, 9.17) is 9.47 Å². The molecule has 1 aliphatic rings. The van der Waals surface area contributed by atoms with Crippen molar-refractivity contribution in [2.24, 2.45) is 0 Å². The summed E-state index contributed by atoms with van der Waals surface area (Å²) in [4.78, 5) is 36.1. The molecule has 158 valence electrons. The van der Waals surface area contributed by atoms with Crippen LogP contribution < -0.4 is 15.4 Å². The largest absolute Gasteiger partial charge is 0.494 e. The monoisotopic (exact) mass is 402 g/mol. The van der Waals surface area contributed by atoms with Crippen LogP contribution in [0.1, 0.15) is 56.3 Å². The number of carbonyl (C=O) groups is 3. The van der Waals surface area contributed by atoms with Crippen molar-refractivity contribution in [1.82, 2.24) is 10.6 Å². The Morgan fingerprint density at radius 2 is 1.86 bits per heavy atom. The molecule has 0 aliphatic heterocycles. The molecule has 0 aromatic heterocycles. The number of hydrogen-bond acceptors (Lipinski definition) is 5. The summed E-state index contributed by atoms with van der Waals surface area (Å²) in [6.07, 6.45) is 6.80. The van der Waals surface area contributed by atoms with Crippen LogP contribution in [0.3, 0.4) is 0 Å². The molecule has 0 bridgehead atoms. The summed E-state index contributed by atoms with van der Waals surface area (Å²) in [5.41, 5.74) is 1.78. The first-order chi connectivity index (χ1) is 14.0. The molecule has 0 fully saturated rings. The molecule has 1 aromatic rings. The van der Waals surface area contributed by atoms with E-state index in [-0.39, 0.29) is 12.5 Å². The average molecular weight is 402 g/mol. The van der Waals surface area contributed by atoms with E-state index in [1.165, 1.54) is 25.3 Å². The quantitative estimate of drug-likeness (QED) is 0.464. The molecule has 0 saturated heterocycles. The Balaban J connectivity index is 1.67. The second kappa shape index (κ2) is 11.9. The van der Waals surface area contributed by atoms with E-state index in [1.807, 2.05) is 6.92 Å². The van der Waals surface area contributed by atoms with E-state index < -0.39 is 18.0 Å². The first-order valence-corrected chi connectivity index (χ1v) is 10.2. The van der Waals surface area contributed by atoms with Gasteiger partial charge in [0.1, 0.15) is 12.3 Å². The molecule has 0 spiro atoms. The Hall–Kier alpha value is -2.83. The second-order valence-electron chi connectivity index (χ2n) is 6.92. The number of allylic oxidation sites excluding steroid dienone is 1. The van der Waals surface area contributed by atoms with Crippen molar-refractivity contribution in [1.29, 1.82) is 0 Å². The van der Waals surface area contributed by atoms with Crippen LogP contribution in [0.5, 0.6) is 5.75 Å². The van der Waals surface area contributed by atoms with Crippen LogP contribution in [-0.4, -0.2) is 43.6 Å². The van der Waals surface area contributed by atoms with Crippen molar-refractivity contribution >= 4 is 17.8 Å². The highest BCUT2D eigenvalue weighted by molar-refractivity contribution is 5.96. The van der Waals surface area contributed by atoms with Crippen molar-refractivity contribution in [3.05, 3.63) is 41.5 Å². The molecule has 0 unspecified atom stereocenters. The molecule has 2 N–H and O–H groups in total. The lowest BCUT2D eigenvalue weighted by Crippen LogP contribution is -2.39. The van der Waals surface area contributed by atoms with Gasteiger partial charge in [-0.25, -0.2) is 0 Å². The first kappa shape index (κ1) is 22.5. The maximum atomic E-state index is 12.1. The summed E-state index contributed by atoms with van der Waals surface area (Å²) >= 11 is 0. The van der Waals surface area contributed by atoms with Crippen molar-refractivity contribution in [3.63, 3.8) is 0 Å². The predicted octanol–water partition coefficient (Wildman–Crippen LogP) is 2.75. The van der Waals surface area contributed by atoms with Crippen LogP contribution in [0.4, 0.5) is 0 Å². The predicted molar refractivity (Wildman–Crippen MR) is 110 cm³/mol. The number of amides is 2. The first-order valence-electron chi connectivity index (χ1n) is 10.2. The number of esters is 1. The Labute approximate surface area is 171 Å². The zero-order valence-corrected chi connectivity index (χ0v) is 17.2. The van der Waals surface area contributed by atoms with E-state index >= 15 is 0 Å². The highest BCUT2D eigenvalue weighted by atomic mass is 16.5. The number of carbonyl (C=O) groups excluding carboxylic acids is 3. The van der Waals surface area contributed by atoms with Gasteiger partial charge in [0, 0.05) is 12.1 Å². The molecule has 1 aromatic carbocycles. The summed E-state index contributed by atoms with van der Waals surface area (Å²) in [5.74, 6) is -0.736. The van der Waals surface area contributed by atoms with Crippen LogP contribution >= 0.6 is 0 Å². The minimum absolute atomic E-state index is 0.309. The lowest BCUT2D eigenvalue weighted by Gasteiger charge is -2.16. The topological polar surface area (TPSA) is 93.7 Å². The highest BCUT2D eigenvalue weighted by Crippen LogP contribution is 2.19. The SMILES string of the molecule is CCOc1ccc(C(=O)NCC(=O)O[C@@H](C)C(=O)NCCC2=CCCCC2)cc1. The standard InChI is InChI=1S/C22H30N2O5/c1-3-28-19-11-9-18(10-12-19)22(27)24-15-20(25)29-16(2)21(26)23-14-13-17-7-5-4-6-8-17/h7,9-12,16H,3-6,8,13-15H2,1-2H3,(H,23,26)(H,24,27)/t16-/m0/s1. The molecule has 0 saturated carbocycles. The third kappa shape index (κ3) is 7.97. The van der Waals surface area contributed by atoms with E-state index in [2.05, 4.69) is 16.7 Å². The molecule has 29 heavy (non-hydrogen) atoms. The Bertz CT molecular complexity index is 727. The molecule has 0 heterocycles. The van der Waals surface area contributed by atoms with Crippen LogP contribution in [0.15, 0.2) is 35.9 Å². The summed E-state index contributed by atoms with van der Waals surface area (Å²) in [7, 11) is 0. The zero-order chi connectivity index (χ0) is 21.1. The number of rotatable bonds is 10. The normalized spacial score (nSPS) is 14.3. The van der Waals surface area contributed by atoms with Crippen molar-refractivity contribution in [2.45, 2.75) is 52.1 Å². The molecule has 1 aliphatic carbocycles. The fraction of sp³-hybridized carbons (Fsp3) is 0.500. The van der Waals surface area contributed by atoms with Crippen LogP contribution in [0.2, 0.25) is 0 Å². The molecular weight excluding hydrogens is 372 g/mol. The van der Waals surface area contributed by atoms with Gasteiger partial charge >= 0.3 is 5.97 Å². The van der Waals surface area contributed by atoms with Gasteiger partial charge in [-0.05, 0) is 70.2 Å². The Morgan fingerprint density at radius 1 is 1.10 bits per heavy atom.